The molecule has 4 aromatic rings. The third-order valence-corrected chi connectivity index (χ3v) is 4.89. The Hall–Kier alpha value is -4.13. The number of anilines is 2. The molecule has 0 saturated heterocycles. The zero-order valence-electron chi connectivity index (χ0n) is 18.0. The van der Waals surface area contributed by atoms with Crippen LogP contribution < -0.4 is 20.1 Å². The number of aromatic nitrogens is 2. The lowest BCUT2D eigenvalue weighted by molar-refractivity contribution is -0.122. The van der Waals surface area contributed by atoms with Crippen molar-refractivity contribution in [3.05, 3.63) is 72.8 Å². The molecule has 0 bridgehead atoms. The molecular weight excluding hydrogens is 404 g/mol. The summed E-state index contributed by atoms with van der Waals surface area (Å²) in [6.07, 6.45) is 0. The van der Waals surface area contributed by atoms with Gasteiger partial charge in [-0.1, -0.05) is 24.3 Å². The minimum atomic E-state index is -0.179. The van der Waals surface area contributed by atoms with Gasteiger partial charge in [0.15, 0.2) is 12.4 Å². The third-order valence-electron chi connectivity index (χ3n) is 4.89. The molecule has 4 rings (SSSR count). The van der Waals surface area contributed by atoms with Crippen molar-refractivity contribution >= 4 is 28.2 Å². The Bertz CT molecular complexity index is 1210. The molecule has 0 aliphatic carbocycles. The molecule has 0 unspecified atom stereocenters. The first-order chi connectivity index (χ1) is 15.7. The summed E-state index contributed by atoms with van der Waals surface area (Å²) in [5, 5.41) is 16.8. The molecule has 1 heterocycles. The highest BCUT2D eigenvalue weighted by Gasteiger charge is 2.11. The van der Waals surface area contributed by atoms with Crippen molar-refractivity contribution in [2.75, 3.05) is 25.6 Å². The normalized spacial score (nSPS) is 10.6. The maximum atomic E-state index is 11.3. The van der Waals surface area contributed by atoms with Crippen LogP contribution in [0.5, 0.6) is 11.5 Å². The predicted molar refractivity (Wildman–Crippen MR) is 125 cm³/mol. The van der Waals surface area contributed by atoms with E-state index in [9.17, 15) is 4.79 Å². The van der Waals surface area contributed by atoms with Gasteiger partial charge in [-0.05, 0) is 55.5 Å². The average molecular weight is 428 g/mol. The highest BCUT2D eigenvalue weighted by atomic mass is 16.5. The Morgan fingerprint density at radius 1 is 0.844 bits per heavy atom. The summed E-state index contributed by atoms with van der Waals surface area (Å²) in [5.74, 6) is 1.92. The van der Waals surface area contributed by atoms with Crippen molar-refractivity contribution in [2.24, 2.45) is 0 Å². The number of carbonyl (C=O) groups excluding carboxylic acids is 1. The molecule has 32 heavy (non-hydrogen) atoms. The van der Waals surface area contributed by atoms with E-state index >= 15 is 0 Å². The number of nitrogens with zero attached hydrogens (tertiary/aromatic N) is 2. The molecule has 2 N–H and O–H groups in total. The van der Waals surface area contributed by atoms with E-state index in [0.717, 1.165) is 33.5 Å². The second-order valence-corrected chi connectivity index (χ2v) is 7.01. The molecule has 7 heteroatoms. The van der Waals surface area contributed by atoms with Crippen molar-refractivity contribution in [1.29, 1.82) is 0 Å². The minimum Gasteiger partial charge on any atom is -0.494 e. The van der Waals surface area contributed by atoms with E-state index in [-0.39, 0.29) is 12.5 Å². The Kier molecular flexibility index (Phi) is 6.46. The SMILES string of the molecule is CCOc1ccc(-c2nnc(Nc3ccc(OCC(=O)NC)cc3)c3ccccc23)cc1. The zero-order valence-corrected chi connectivity index (χ0v) is 18.0. The van der Waals surface area contributed by atoms with Gasteiger partial charge in [-0.3, -0.25) is 4.79 Å². The second-order valence-electron chi connectivity index (χ2n) is 7.01. The van der Waals surface area contributed by atoms with E-state index in [1.165, 1.54) is 0 Å². The first-order valence-corrected chi connectivity index (χ1v) is 10.4. The Morgan fingerprint density at radius 2 is 1.50 bits per heavy atom. The molecule has 162 valence electrons. The fraction of sp³-hybridized carbons (Fsp3) is 0.160. The van der Waals surface area contributed by atoms with E-state index in [4.69, 9.17) is 9.47 Å². The molecular formula is C25H24N4O3. The molecule has 1 aromatic heterocycles. The number of fused-ring (bicyclic) bond motifs is 1. The molecule has 0 atom stereocenters. The summed E-state index contributed by atoms with van der Waals surface area (Å²) < 4.78 is 11.0. The van der Waals surface area contributed by atoms with E-state index in [0.29, 0.717) is 18.2 Å². The van der Waals surface area contributed by atoms with Crippen LogP contribution in [0.15, 0.2) is 72.8 Å². The molecule has 3 aromatic carbocycles. The summed E-state index contributed by atoms with van der Waals surface area (Å²) >= 11 is 0. The molecule has 0 spiro atoms. The van der Waals surface area contributed by atoms with Crippen LogP contribution in [-0.2, 0) is 4.79 Å². The van der Waals surface area contributed by atoms with Crippen LogP contribution in [0.25, 0.3) is 22.0 Å². The Labute approximate surface area is 186 Å². The summed E-state index contributed by atoms with van der Waals surface area (Å²) in [6, 6.07) is 23.2. The first kappa shape index (κ1) is 21.1. The van der Waals surface area contributed by atoms with Crippen LogP contribution >= 0.6 is 0 Å². The molecule has 0 fully saturated rings. The first-order valence-electron chi connectivity index (χ1n) is 10.4. The van der Waals surface area contributed by atoms with E-state index in [2.05, 4.69) is 20.8 Å². The van der Waals surface area contributed by atoms with Crippen molar-refractivity contribution in [1.82, 2.24) is 15.5 Å². The summed E-state index contributed by atoms with van der Waals surface area (Å²) in [4.78, 5) is 11.3. The summed E-state index contributed by atoms with van der Waals surface area (Å²) in [6.45, 7) is 2.57. The minimum absolute atomic E-state index is 0.0214. The number of benzene rings is 3. The maximum Gasteiger partial charge on any atom is 0.257 e. The van der Waals surface area contributed by atoms with Crippen molar-refractivity contribution < 1.29 is 14.3 Å². The second kappa shape index (κ2) is 9.78. The number of rotatable bonds is 8. The lowest BCUT2D eigenvalue weighted by Crippen LogP contribution is -2.24. The topological polar surface area (TPSA) is 85.4 Å². The number of amides is 1. The average Bonchev–Trinajstić information content (AvgIpc) is 2.84. The number of hydrogen-bond donors (Lipinski definition) is 2. The van der Waals surface area contributed by atoms with E-state index < -0.39 is 0 Å². The number of ether oxygens (including phenoxy) is 2. The quantitative estimate of drug-likeness (QED) is 0.428. The van der Waals surface area contributed by atoms with Gasteiger partial charge < -0.3 is 20.1 Å². The number of nitrogens with one attached hydrogen (secondary N) is 2. The third kappa shape index (κ3) is 4.78. The molecule has 0 aliphatic heterocycles. The Balaban J connectivity index is 1.58. The maximum absolute atomic E-state index is 11.3. The van der Waals surface area contributed by atoms with Gasteiger partial charge in [0, 0.05) is 29.1 Å². The molecule has 0 radical (unpaired) electrons. The summed E-state index contributed by atoms with van der Waals surface area (Å²) in [7, 11) is 1.57. The van der Waals surface area contributed by atoms with Crippen LogP contribution in [0.4, 0.5) is 11.5 Å². The largest absolute Gasteiger partial charge is 0.494 e. The van der Waals surface area contributed by atoms with Gasteiger partial charge in [0.25, 0.3) is 5.91 Å². The predicted octanol–water partition coefficient (Wildman–Crippen LogP) is 4.56. The number of likely N-dealkylation sites (N-methyl/N-ethyl adjacent to an activating group) is 1. The van der Waals surface area contributed by atoms with Crippen molar-refractivity contribution in [2.45, 2.75) is 6.92 Å². The molecule has 0 saturated carbocycles. The van der Waals surface area contributed by atoms with Crippen LogP contribution in [-0.4, -0.2) is 36.4 Å². The van der Waals surface area contributed by atoms with Crippen LogP contribution in [0, 0.1) is 0 Å². The van der Waals surface area contributed by atoms with Gasteiger partial charge >= 0.3 is 0 Å². The standard InChI is InChI=1S/C25H24N4O3/c1-3-31-19-12-8-17(9-13-19)24-21-6-4-5-7-22(21)25(29-28-24)27-18-10-14-20(15-11-18)32-16-23(30)26-2/h4-15H,3,16H2,1-2H3,(H,26,30)(H,27,29). The summed E-state index contributed by atoms with van der Waals surface area (Å²) in [5.41, 5.74) is 2.62. The van der Waals surface area contributed by atoms with E-state index in [1.807, 2.05) is 67.6 Å². The number of carbonyl (C=O) groups is 1. The van der Waals surface area contributed by atoms with Gasteiger partial charge in [0.2, 0.25) is 0 Å². The monoisotopic (exact) mass is 428 g/mol. The van der Waals surface area contributed by atoms with Crippen LogP contribution in [0.1, 0.15) is 6.92 Å². The van der Waals surface area contributed by atoms with Gasteiger partial charge in [-0.15, -0.1) is 10.2 Å². The zero-order chi connectivity index (χ0) is 22.3. The molecule has 7 nitrogen and oxygen atoms in total. The highest BCUT2D eigenvalue weighted by Crippen LogP contribution is 2.32. The number of hydrogen-bond acceptors (Lipinski definition) is 6. The Morgan fingerprint density at radius 3 is 2.19 bits per heavy atom. The van der Waals surface area contributed by atoms with E-state index in [1.54, 1.807) is 19.2 Å². The smallest absolute Gasteiger partial charge is 0.257 e. The fourth-order valence-electron chi connectivity index (χ4n) is 3.28. The lowest BCUT2D eigenvalue weighted by atomic mass is 10.0. The highest BCUT2D eigenvalue weighted by molar-refractivity contribution is 6.00. The van der Waals surface area contributed by atoms with Crippen molar-refractivity contribution in [3.8, 4) is 22.8 Å². The van der Waals surface area contributed by atoms with Gasteiger partial charge in [0.05, 0.1) is 6.61 Å². The van der Waals surface area contributed by atoms with Gasteiger partial charge in [0.1, 0.15) is 17.2 Å². The molecule has 0 aliphatic rings. The molecule has 1 amide bonds. The van der Waals surface area contributed by atoms with Gasteiger partial charge in [-0.2, -0.15) is 0 Å². The van der Waals surface area contributed by atoms with Crippen LogP contribution in [0.2, 0.25) is 0 Å². The fourth-order valence-corrected chi connectivity index (χ4v) is 3.28. The van der Waals surface area contributed by atoms with Crippen LogP contribution in [0.3, 0.4) is 0 Å². The van der Waals surface area contributed by atoms with Crippen molar-refractivity contribution in [3.63, 3.8) is 0 Å². The van der Waals surface area contributed by atoms with Gasteiger partial charge in [-0.25, -0.2) is 0 Å². The lowest BCUT2D eigenvalue weighted by Gasteiger charge is -2.12.